The third kappa shape index (κ3) is 6.92. The number of nitrogens with zero attached hydrogens (tertiary/aromatic N) is 2. The molecule has 3 aromatic carbocycles. The van der Waals surface area contributed by atoms with Gasteiger partial charge in [0.1, 0.15) is 18.0 Å². The molecule has 36 heavy (non-hydrogen) atoms. The first-order valence-electron chi connectivity index (χ1n) is 10.6. The fourth-order valence-electron chi connectivity index (χ4n) is 3.09. The molecule has 0 saturated heterocycles. The predicted octanol–water partition coefficient (Wildman–Crippen LogP) is 4.04. The van der Waals surface area contributed by atoms with Crippen molar-refractivity contribution in [2.24, 2.45) is 5.10 Å². The van der Waals surface area contributed by atoms with Gasteiger partial charge in [-0.15, -0.1) is 0 Å². The largest absolute Gasteiger partial charge is 0.496 e. The van der Waals surface area contributed by atoms with Crippen LogP contribution in [0.3, 0.4) is 0 Å². The zero-order valence-corrected chi connectivity index (χ0v) is 22.2. The van der Waals surface area contributed by atoms with Crippen LogP contribution in [0.1, 0.15) is 18.1 Å². The van der Waals surface area contributed by atoms with E-state index in [1.807, 2.05) is 6.92 Å². The Morgan fingerprint density at radius 1 is 1.06 bits per heavy atom. The Labute approximate surface area is 217 Å². The van der Waals surface area contributed by atoms with E-state index in [9.17, 15) is 18.0 Å². The summed E-state index contributed by atoms with van der Waals surface area (Å²) < 4.78 is 38.7. The molecule has 0 saturated carbocycles. The molecular weight excluding hydrogens is 550 g/mol. The summed E-state index contributed by atoms with van der Waals surface area (Å²) in [5, 5.41) is 3.91. The predicted molar refractivity (Wildman–Crippen MR) is 140 cm³/mol. The maximum atomic E-state index is 13.5. The van der Waals surface area contributed by atoms with Crippen LogP contribution in [0.15, 0.2) is 81.2 Å². The summed E-state index contributed by atoms with van der Waals surface area (Å²) in [6.07, 6.45) is 1.39. The first kappa shape index (κ1) is 26.9. The lowest BCUT2D eigenvalue weighted by Gasteiger charge is -2.24. The van der Waals surface area contributed by atoms with Crippen molar-refractivity contribution in [1.29, 1.82) is 0 Å². The maximum absolute atomic E-state index is 13.5. The highest BCUT2D eigenvalue weighted by Crippen LogP contribution is 2.30. The monoisotopic (exact) mass is 573 g/mol. The zero-order chi connectivity index (χ0) is 26.3. The maximum Gasteiger partial charge on any atom is 0.308 e. The van der Waals surface area contributed by atoms with E-state index < -0.39 is 28.4 Å². The van der Waals surface area contributed by atoms with Crippen LogP contribution < -0.4 is 19.2 Å². The van der Waals surface area contributed by atoms with Crippen molar-refractivity contribution in [2.45, 2.75) is 18.7 Å². The first-order chi connectivity index (χ1) is 17.1. The van der Waals surface area contributed by atoms with Crippen LogP contribution in [-0.2, 0) is 19.6 Å². The molecule has 3 rings (SSSR count). The van der Waals surface area contributed by atoms with Gasteiger partial charge in [-0.25, -0.2) is 13.8 Å². The van der Waals surface area contributed by atoms with Crippen LogP contribution in [0.25, 0.3) is 0 Å². The number of methoxy groups -OCH3 is 1. The van der Waals surface area contributed by atoms with Gasteiger partial charge in [-0.3, -0.25) is 13.9 Å². The molecule has 9 nitrogen and oxygen atoms in total. The summed E-state index contributed by atoms with van der Waals surface area (Å²) in [4.78, 5) is 23.7. The third-order valence-electron chi connectivity index (χ3n) is 4.86. The molecule has 0 aliphatic heterocycles. The molecule has 11 heteroatoms. The van der Waals surface area contributed by atoms with E-state index in [0.29, 0.717) is 27.2 Å². The summed E-state index contributed by atoms with van der Waals surface area (Å²) >= 11 is 3.31. The molecular formula is C25H24BrN3O6S. The number of amides is 1. The highest BCUT2D eigenvalue weighted by Gasteiger charge is 2.28. The normalized spacial score (nSPS) is 11.2. The number of aryl methyl sites for hydroxylation is 1. The molecule has 0 bridgehead atoms. The minimum absolute atomic E-state index is 0.0140. The molecule has 0 spiro atoms. The fraction of sp³-hybridized carbons (Fsp3) is 0.160. The molecule has 0 unspecified atom stereocenters. The molecule has 1 N–H and O–H groups in total. The molecule has 0 aliphatic rings. The van der Waals surface area contributed by atoms with Crippen LogP contribution in [0.2, 0.25) is 0 Å². The SMILES string of the molecule is COc1ccc(S(=O)(=O)N(CC(=O)N/N=C/c2ccc(OC(C)=O)cc2)c2ccc(C)cc2)cc1Br. The number of hydrogen-bond acceptors (Lipinski definition) is 7. The molecule has 0 radical (unpaired) electrons. The van der Waals surface area contributed by atoms with Crippen LogP contribution in [0, 0.1) is 6.92 Å². The molecule has 0 aromatic heterocycles. The molecule has 0 fully saturated rings. The average Bonchev–Trinajstić information content (AvgIpc) is 2.84. The van der Waals surface area contributed by atoms with Gasteiger partial charge < -0.3 is 9.47 Å². The number of halogens is 1. The zero-order valence-electron chi connectivity index (χ0n) is 19.8. The second kappa shape index (κ2) is 11.8. The fourth-order valence-corrected chi connectivity index (χ4v) is 5.23. The van der Waals surface area contributed by atoms with Crippen molar-refractivity contribution in [3.05, 3.63) is 82.3 Å². The van der Waals surface area contributed by atoms with Gasteiger partial charge in [0.15, 0.2) is 0 Å². The number of sulfonamides is 1. The Morgan fingerprint density at radius 2 is 1.72 bits per heavy atom. The number of benzene rings is 3. The van der Waals surface area contributed by atoms with Crippen molar-refractivity contribution in [1.82, 2.24) is 5.43 Å². The van der Waals surface area contributed by atoms with Gasteiger partial charge in [-0.2, -0.15) is 5.10 Å². The highest BCUT2D eigenvalue weighted by molar-refractivity contribution is 9.10. The molecule has 3 aromatic rings. The van der Waals surface area contributed by atoms with E-state index in [-0.39, 0.29) is 4.90 Å². The van der Waals surface area contributed by atoms with E-state index in [0.717, 1.165) is 9.87 Å². The van der Waals surface area contributed by atoms with Crippen LogP contribution in [-0.4, -0.2) is 40.2 Å². The molecule has 0 aliphatic carbocycles. The number of carbonyl (C=O) groups is 2. The van der Waals surface area contributed by atoms with Crippen LogP contribution in [0.4, 0.5) is 5.69 Å². The Balaban J connectivity index is 1.80. The van der Waals surface area contributed by atoms with Crippen LogP contribution in [0.5, 0.6) is 11.5 Å². The third-order valence-corrected chi connectivity index (χ3v) is 7.25. The summed E-state index contributed by atoms with van der Waals surface area (Å²) in [5.74, 6) is -0.213. The Bertz CT molecular complexity index is 1370. The second-order valence-electron chi connectivity index (χ2n) is 7.60. The number of anilines is 1. The van der Waals surface area contributed by atoms with Gasteiger partial charge in [-0.05, 0) is 83.0 Å². The van der Waals surface area contributed by atoms with Crippen molar-refractivity contribution in [2.75, 3.05) is 18.0 Å². The number of nitrogens with one attached hydrogen (secondary N) is 1. The Hall–Kier alpha value is -3.70. The van der Waals surface area contributed by atoms with E-state index in [1.165, 1.54) is 38.4 Å². The van der Waals surface area contributed by atoms with E-state index in [2.05, 4.69) is 26.5 Å². The summed E-state index contributed by atoms with van der Waals surface area (Å²) in [6.45, 7) is 2.68. The number of rotatable bonds is 9. The minimum atomic E-state index is -4.11. The van der Waals surface area contributed by atoms with Crippen molar-refractivity contribution in [3.63, 3.8) is 0 Å². The van der Waals surface area contributed by atoms with Crippen molar-refractivity contribution < 1.29 is 27.5 Å². The quantitative estimate of drug-likeness (QED) is 0.179. The number of carbonyl (C=O) groups excluding carboxylic acids is 2. The number of esters is 1. The number of ether oxygens (including phenoxy) is 2. The lowest BCUT2D eigenvalue weighted by Crippen LogP contribution is -2.39. The van der Waals surface area contributed by atoms with E-state index in [1.54, 1.807) is 48.5 Å². The van der Waals surface area contributed by atoms with Gasteiger partial charge in [0.25, 0.3) is 15.9 Å². The summed E-state index contributed by atoms with van der Waals surface area (Å²) in [7, 11) is -2.63. The molecule has 188 valence electrons. The smallest absolute Gasteiger partial charge is 0.308 e. The van der Waals surface area contributed by atoms with E-state index in [4.69, 9.17) is 9.47 Å². The molecule has 1 amide bonds. The highest BCUT2D eigenvalue weighted by atomic mass is 79.9. The van der Waals surface area contributed by atoms with Gasteiger partial charge in [-0.1, -0.05) is 17.7 Å². The average molecular weight is 574 g/mol. The standard InChI is InChI=1S/C25H24BrN3O6S/c1-17-4-8-20(9-5-17)29(36(32,33)22-12-13-24(34-3)23(26)14-22)16-25(31)28-27-15-19-6-10-21(11-7-19)35-18(2)30/h4-15H,16H2,1-3H3,(H,28,31)/b27-15+. The second-order valence-corrected chi connectivity index (χ2v) is 10.3. The number of hydrazone groups is 1. The van der Waals surface area contributed by atoms with Crippen LogP contribution >= 0.6 is 15.9 Å². The van der Waals surface area contributed by atoms with Gasteiger partial charge in [0.05, 0.1) is 28.4 Å². The summed E-state index contributed by atoms with van der Waals surface area (Å²) in [5.41, 5.74) is 4.26. The van der Waals surface area contributed by atoms with Crippen molar-refractivity contribution in [3.8, 4) is 11.5 Å². The topological polar surface area (TPSA) is 114 Å². The van der Waals surface area contributed by atoms with Gasteiger partial charge >= 0.3 is 5.97 Å². The van der Waals surface area contributed by atoms with Crippen molar-refractivity contribution >= 4 is 49.7 Å². The van der Waals surface area contributed by atoms with E-state index >= 15 is 0 Å². The summed E-state index contributed by atoms with van der Waals surface area (Å²) in [6, 6.07) is 17.6. The lowest BCUT2D eigenvalue weighted by atomic mass is 10.2. The Kier molecular flexibility index (Phi) is 8.83. The van der Waals surface area contributed by atoms with Gasteiger partial charge in [0.2, 0.25) is 0 Å². The minimum Gasteiger partial charge on any atom is -0.496 e. The first-order valence-corrected chi connectivity index (χ1v) is 12.9. The number of hydrogen-bond donors (Lipinski definition) is 1. The molecule has 0 heterocycles. The van der Waals surface area contributed by atoms with Gasteiger partial charge in [0, 0.05) is 6.92 Å². The lowest BCUT2D eigenvalue weighted by molar-refractivity contribution is -0.131. The molecule has 0 atom stereocenters. The Morgan fingerprint density at radius 3 is 2.31 bits per heavy atom.